The molecule has 0 radical (unpaired) electrons. The smallest absolute Gasteiger partial charge is 0.0434 e. The quantitative estimate of drug-likeness (QED) is 0.591. The normalized spacial score (nSPS) is 13.7. The number of aliphatic hydroxyl groups is 1. The maximum Gasteiger partial charge on any atom is 0.0434 e. The lowest BCUT2D eigenvalue weighted by Crippen LogP contribution is -2.17. The van der Waals surface area contributed by atoms with Gasteiger partial charge in [-0.25, -0.2) is 0 Å². The van der Waals surface area contributed by atoms with Crippen LogP contribution in [0.1, 0.15) is 6.42 Å². The zero-order chi connectivity index (χ0) is 7.11. The van der Waals surface area contributed by atoms with E-state index in [9.17, 15) is 0 Å². The van der Waals surface area contributed by atoms with E-state index >= 15 is 0 Å². The summed E-state index contributed by atoms with van der Waals surface area (Å²) in [5, 5.41) is 8.53. The van der Waals surface area contributed by atoms with E-state index in [1.807, 2.05) is 0 Å². The Balaban J connectivity index is 3.18. The molecule has 2 nitrogen and oxygen atoms in total. The molecule has 9 heavy (non-hydrogen) atoms. The Hall–Kier alpha value is 0.270. The van der Waals surface area contributed by atoms with Gasteiger partial charge in [0.1, 0.15) is 0 Å². The highest BCUT2D eigenvalue weighted by atomic mass is 32.2. The summed E-state index contributed by atoms with van der Waals surface area (Å²) >= 11 is 1.78. The zero-order valence-electron chi connectivity index (χ0n) is 5.84. The molecule has 1 unspecified atom stereocenters. The molecule has 0 spiro atoms. The van der Waals surface area contributed by atoms with Crippen molar-refractivity contribution >= 4 is 11.8 Å². The van der Waals surface area contributed by atoms with Crippen LogP contribution in [0.25, 0.3) is 0 Å². The average molecular weight is 149 g/mol. The summed E-state index contributed by atoms with van der Waals surface area (Å²) in [5.74, 6) is 1.57. The lowest BCUT2D eigenvalue weighted by Gasteiger charge is -2.09. The van der Waals surface area contributed by atoms with Crippen molar-refractivity contribution in [2.75, 3.05) is 25.2 Å². The van der Waals surface area contributed by atoms with E-state index < -0.39 is 0 Å². The summed E-state index contributed by atoms with van der Waals surface area (Å²) in [5.41, 5.74) is 5.42. The zero-order valence-corrected chi connectivity index (χ0v) is 6.66. The number of rotatable bonds is 5. The van der Waals surface area contributed by atoms with Gasteiger partial charge < -0.3 is 10.8 Å². The average Bonchev–Trinajstić information content (AvgIpc) is 1.88. The summed E-state index contributed by atoms with van der Waals surface area (Å²) in [4.78, 5) is 0. The van der Waals surface area contributed by atoms with E-state index in [1.54, 1.807) is 11.8 Å². The molecule has 0 bridgehead atoms. The van der Waals surface area contributed by atoms with E-state index in [0.29, 0.717) is 12.5 Å². The second-order valence-electron chi connectivity index (χ2n) is 2.07. The highest BCUT2D eigenvalue weighted by Crippen LogP contribution is 2.06. The van der Waals surface area contributed by atoms with Crippen molar-refractivity contribution in [1.82, 2.24) is 0 Å². The molecule has 0 fully saturated rings. The summed E-state index contributed by atoms with van der Waals surface area (Å²) in [6.07, 6.45) is 2.90. The van der Waals surface area contributed by atoms with Gasteiger partial charge in [0.05, 0.1) is 0 Å². The fourth-order valence-electron chi connectivity index (χ4n) is 0.688. The van der Waals surface area contributed by atoms with Crippen molar-refractivity contribution in [1.29, 1.82) is 0 Å². The molecule has 0 heterocycles. The van der Waals surface area contributed by atoms with E-state index in [2.05, 4.69) is 6.26 Å². The first-order valence-corrected chi connectivity index (χ1v) is 4.54. The van der Waals surface area contributed by atoms with Crippen LogP contribution in [0.3, 0.4) is 0 Å². The van der Waals surface area contributed by atoms with Crippen LogP contribution >= 0.6 is 11.8 Å². The highest BCUT2D eigenvalue weighted by Gasteiger charge is 2.02. The Bertz CT molecular complexity index is 55.0. The molecule has 3 heteroatoms. The standard InChI is InChI=1S/C6H15NOS/c1-9-5-6(4-7)2-3-8/h6,8H,2-5,7H2,1H3. The first kappa shape index (κ1) is 9.27. The number of thioether (sulfide) groups is 1. The molecule has 3 N–H and O–H groups in total. The Morgan fingerprint density at radius 3 is 2.67 bits per heavy atom. The fourth-order valence-corrected chi connectivity index (χ4v) is 1.46. The van der Waals surface area contributed by atoms with Crippen LogP contribution in [0, 0.1) is 5.92 Å². The number of hydrogen-bond donors (Lipinski definition) is 2. The van der Waals surface area contributed by atoms with E-state index in [1.165, 1.54) is 0 Å². The monoisotopic (exact) mass is 149 g/mol. The van der Waals surface area contributed by atoms with Crippen LogP contribution in [0.15, 0.2) is 0 Å². The van der Waals surface area contributed by atoms with Crippen LogP contribution in [0.5, 0.6) is 0 Å². The minimum atomic E-state index is 0.266. The molecule has 0 saturated carbocycles. The van der Waals surface area contributed by atoms with Gasteiger partial charge in [0, 0.05) is 6.61 Å². The number of aliphatic hydroxyl groups excluding tert-OH is 1. The molecule has 0 aromatic heterocycles. The van der Waals surface area contributed by atoms with Crippen molar-refractivity contribution in [2.45, 2.75) is 6.42 Å². The van der Waals surface area contributed by atoms with Crippen LogP contribution in [-0.2, 0) is 0 Å². The predicted octanol–water partition coefficient (Wildman–Crippen LogP) is 0.307. The van der Waals surface area contributed by atoms with E-state index in [-0.39, 0.29) is 6.61 Å². The van der Waals surface area contributed by atoms with Gasteiger partial charge in [0.2, 0.25) is 0 Å². The molecule has 0 rings (SSSR count). The van der Waals surface area contributed by atoms with E-state index in [0.717, 1.165) is 12.2 Å². The molecule has 0 aromatic carbocycles. The van der Waals surface area contributed by atoms with Gasteiger partial charge >= 0.3 is 0 Å². The Morgan fingerprint density at radius 1 is 1.67 bits per heavy atom. The lowest BCUT2D eigenvalue weighted by atomic mass is 10.1. The van der Waals surface area contributed by atoms with Gasteiger partial charge in [-0.2, -0.15) is 11.8 Å². The van der Waals surface area contributed by atoms with Crippen LogP contribution in [-0.4, -0.2) is 30.3 Å². The topological polar surface area (TPSA) is 46.2 Å². The first-order valence-electron chi connectivity index (χ1n) is 3.15. The minimum Gasteiger partial charge on any atom is -0.396 e. The predicted molar refractivity (Wildman–Crippen MR) is 42.6 cm³/mol. The molecule has 0 saturated heterocycles. The van der Waals surface area contributed by atoms with Crippen molar-refractivity contribution in [3.8, 4) is 0 Å². The van der Waals surface area contributed by atoms with Crippen LogP contribution in [0.4, 0.5) is 0 Å². The van der Waals surface area contributed by atoms with Crippen molar-refractivity contribution in [2.24, 2.45) is 11.7 Å². The fraction of sp³-hybridized carbons (Fsp3) is 1.00. The van der Waals surface area contributed by atoms with Crippen LogP contribution < -0.4 is 5.73 Å². The number of hydrogen-bond acceptors (Lipinski definition) is 3. The summed E-state index contributed by atoms with van der Waals surface area (Å²) < 4.78 is 0. The molecule has 1 atom stereocenters. The number of nitrogens with two attached hydrogens (primary N) is 1. The maximum atomic E-state index is 8.53. The highest BCUT2D eigenvalue weighted by molar-refractivity contribution is 7.98. The third kappa shape index (κ3) is 4.75. The third-order valence-electron chi connectivity index (χ3n) is 1.27. The van der Waals surface area contributed by atoms with Crippen molar-refractivity contribution in [3.63, 3.8) is 0 Å². The first-order chi connectivity index (χ1) is 4.35. The van der Waals surface area contributed by atoms with Gasteiger partial charge in [-0.05, 0) is 30.9 Å². The van der Waals surface area contributed by atoms with Crippen molar-refractivity contribution < 1.29 is 5.11 Å². The van der Waals surface area contributed by atoms with E-state index in [4.69, 9.17) is 10.8 Å². The minimum absolute atomic E-state index is 0.266. The molecular formula is C6H15NOS. The second-order valence-corrected chi connectivity index (χ2v) is 2.98. The van der Waals surface area contributed by atoms with Gasteiger partial charge in [0.15, 0.2) is 0 Å². The molecule has 0 aliphatic heterocycles. The summed E-state index contributed by atoms with van der Waals surface area (Å²) in [6, 6.07) is 0. The van der Waals surface area contributed by atoms with Gasteiger partial charge in [-0.1, -0.05) is 0 Å². The van der Waals surface area contributed by atoms with Gasteiger partial charge in [-0.15, -0.1) is 0 Å². The Kier molecular flexibility index (Phi) is 6.58. The van der Waals surface area contributed by atoms with Crippen molar-refractivity contribution in [3.05, 3.63) is 0 Å². The SMILES string of the molecule is CSCC(CN)CCO. The second kappa shape index (κ2) is 6.39. The Morgan fingerprint density at radius 2 is 2.33 bits per heavy atom. The summed E-state index contributed by atoms with van der Waals surface area (Å²) in [7, 11) is 0. The molecule has 0 aliphatic carbocycles. The molecule has 0 amide bonds. The molecular weight excluding hydrogens is 134 g/mol. The van der Waals surface area contributed by atoms with Gasteiger partial charge in [-0.3, -0.25) is 0 Å². The Labute approximate surface area is 60.8 Å². The van der Waals surface area contributed by atoms with Crippen LogP contribution in [0.2, 0.25) is 0 Å². The lowest BCUT2D eigenvalue weighted by molar-refractivity contribution is 0.265. The summed E-state index contributed by atoms with van der Waals surface area (Å²) in [6.45, 7) is 0.962. The molecule has 0 aromatic rings. The molecule has 0 aliphatic rings. The third-order valence-corrected chi connectivity index (χ3v) is 2.08. The maximum absolute atomic E-state index is 8.53. The largest absolute Gasteiger partial charge is 0.396 e. The molecule has 56 valence electrons. The van der Waals surface area contributed by atoms with Gasteiger partial charge in [0.25, 0.3) is 0 Å².